The summed E-state index contributed by atoms with van der Waals surface area (Å²) in [6.07, 6.45) is 2.43. The van der Waals surface area contributed by atoms with Gasteiger partial charge in [-0.2, -0.15) is 0 Å². The third-order valence-electron chi connectivity index (χ3n) is 3.23. The van der Waals surface area contributed by atoms with E-state index >= 15 is 0 Å². The summed E-state index contributed by atoms with van der Waals surface area (Å²) in [4.78, 5) is 17.9. The Labute approximate surface area is 135 Å². The van der Waals surface area contributed by atoms with Crippen LogP contribution in [-0.2, 0) is 4.74 Å². The van der Waals surface area contributed by atoms with Crippen molar-refractivity contribution >= 4 is 23.3 Å². The molecule has 1 aliphatic heterocycles. The van der Waals surface area contributed by atoms with Gasteiger partial charge in [0.05, 0.1) is 7.11 Å². The minimum Gasteiger partial charge on any atom is -0.481 e. The van der Waals surface area contributed by atoms with Crippen molar-refractivity contribution in [3.8, 4) is 5.88 Å². The number of carbonyl (C=O) groups is 1. The summed E-state index contributed by atoms with van der Waals surface area (Å²) in [5, 5.41) is 0.396. The molecule has 0 unspecified atom stereocenters. The van der Waals surface area contributed by atoms with Gasteiger partial charge in [0.25, 0.3) is 0 Å². The molecule has 0 saturated heterocycles. The van der Waals surface area contributed by atoms with E-state index in [1.54, 1.807) is 18.1 Å². The number of hydrogen-bond donors (Lipinski definition) is 0. The Hall–Kier alpha value is -1.75. The van der Waals surface area contributed by atoms with Crippen LogP contribution in [0.3, 0.4) is 0 Å². The topological polar surface area (TPSA) is 51.7 Å². The van der Waals surface area contributed by atoms with Gasteiger partial charge in [-0.25, -0.2) is 9.78 Å². The first-order valence-corrected chi connectivity index (χ1v) is 7.56. The second-order valence-corrected chi connectivity index (χ2v) is 6.48. The van der Waals surface area contributed by atoms with Gasteiger partial charge in [0.2, 0.25) is 5.88 Å². The molecule has 2 heterocycles. The molecule has 0 spiro atoms. The first kappa shape index (κ1) is 16.6. The third-order valence-corrected chi connectivity index (χ3v) is 3.44. The molecule has 1 amide bonds. The smallest absolute Gasteiger partial charge is 0.410 e. The van der Waals surface area contributed by atoms with Crippen molar-refractivity contribution in [2.45, 2.75) is 32.8 Å². The molecular formula is C16H21ClN2O3. The lowest BCUT2D eigenvalue weighted by Crippen LogP contribution is -2.39. The van der Waals surface area contributed by atoms with Crippen molar-refractivity contribution in [2.75, 3.05) is 20.2 Å². The van der Waals surface area contributed by atoms with Gasteiger partial charge in [-0.15, -0.1) is 0 Å². The summed E-state index contributed by atoms with van der Waals surface area (Å²) < 4.78 is 10.7. The maximum absolute atomic E-state index is 12.0. The van der Waals surface area contributed by atoms with Crippen LogP contribution in [0.2, 0.25) is 5.15 Å². The van der Waals surface area contributed by atoms with E-state index in [9.17, 15) is 4.79 Å². The molecule has 1 aromatic heterocycles. The molecule has 0 atom stereocenters. The molecule has 6 heteroatoms. The Bertz CT molecular complexity index is 594. The van der Waals surface area contributed by atoms with Crippen LogP contribution in [-0.4, -0.2) is 41.8 Å². The standard InChI is InChI=1S/C16H21ClN2O3/c1-16(2,3)22-15(20)19-9-7-11(8-10-19)12-5-6-13(17)18-14(12)21-4/h5-7H,8-10H2,1-4H3. The van der Waals surface area contributed by atoms with E-state index in [-0.39, 0.29) is 6.09 Å². The average Bonchev–Trinajstić information content (AvgIpc) is 2.45. The fourth-order valence-corrected chi connectivity index (χ4v) is 2.36. The number of amides is 1. The van der Waals surface area contributed by atoms with Crippen LogP contribution < -0.4 is 4.74 Å². The van der Waals surface area contributed by atoms with E-state index in [2.05, 4.69) is 4.98 Å². The molecule has 0 bridgehead atoms. The first-order chi connectivity index (χ1) is 10.3. The summed E-state index contributed by atoms with van der Waals surface area (Å²) in [6, 6.07) is 3.63. The van der Waals surface area contributed by atoms with Crippen molar-refractivity contribution in [3.05, 3.63) is 28.9 Å². The van der Waals surface area contributed by atoms with Crippen molar-refractivity contribution in [2.24, 2.45) is 0 Å². The summed E-state index contributed by atoms with van der Waals surface area (Å²) >= 11 is 5.88. The van der Waals surface area contributed by atoms with E-state index in [4.69, 9.17) is 21.1 Å². The molecule has 1 aromatic rings. The van der Waals surface area contributed by atoms with Crippen LogP contribution in [0.15, 0.2) is 18.2 Å². The molecule has 2 rings (SSSR count). The minimum absolute atomic E-state index is 0.288. The van der Waals surface area contributed by atoms with Crippen molar-refractivity contribution in [1.82, 2.24) is 9.88 Å². The monoisotopic (exact) mass is 324 g/mol. The first-order valence-electron chi connectivity index (χ1n) is 7.18. The molecule has 0 saturated carbocycles. The third kappa shape index (κ3) is 4.13. The fraction of sp³-hybridized carbons (Fsp3) is 0.500. The molecule has 22 heavy (non-hydrogen) atoms. The number of halogens is 1. The minimum atomic E-state index is -0.482. The van der Waals surface area contributed by atoms with Crippen LogP contribution in [0.25, 0.3) is 5.57 Å². The lowest BCUT2D eigenvalue weighted by Gasteiger charge is -2.29. The quantitative estimate of drug-likeness (QED) is 0.777. The van der Waals surface area contributed by atoms with Gasteiger partial charge >= 0.3 is 6.09 Å². The van der Waals surface area contributed by atoms with Crippen LogP contribution in [0.1, 0.15) is 32.8 Å². The van der Waals surface area contributed by atoms with E-state index in [0.717, 1.165) is 17.6 Å². The summed E-state index contributed by atoms with van der Waals surface area (Å²) in [5.74, 6) is 0.504. The number of pyridine rings is 1. The van der Waals surface area contributed by atoms with Gasteiger partial charge in [0.15, 0.2) is 0 Å². The SMILES string of the molecule is COc1nc(Cl)ccc1C1=CCN(C(=O)OC(C)(C)C)CC1. The maximum atomic E-state index is 12.0. The highest BCUT2D eigenvalue weighted by Gasteiger charge is 2.24. The zero-order valence-electron chi connectivity index (χ0n) is 13.4. The molecule has 1 aliphatic rings. The van der Waals surface area contributed by atoms with Crippen molar-refractivity contribution in [1.29, 1.82) is 0 Å². The molecular weight excluding hydrogens is 304 g/mol. The van der Waals surface area contributed by atoms with E-state index in [0.29, 0.717) is 24.1 Å². The zero-order valence-corrected chi connectivity index (χ0v) is 14.1. The Morgan fingerprint density at radius 2 is 2.09 bits per heavy atom. The number of nitrogens with zero attached hydrogens (tertiary/aromatic N) is 2. The normalized spacial score (nSPS) is 15.3. The van der Waals surface area contributed by atoms with Gasteiger partial charge in [0, 0.05) is 18.7 Å². The lowest BCUT2D eigenvalue weighted by atomic mass is 10.0. The van der Waals surface area contributed by atoms with Gasteiger partial charge in [-0.3, -0.25) is 0 Å². The Morgan fingerprint density at radius 1 is 1.36 bits per heavy atom. The Kier molecular flexibility index (Phi) is 4.96. The maximum Gasteiger partial charge on any atom is 0.410 e. The number of aromatic nitrogens is 1. The summed E-state index contributed by atoms with van der Waals surface area (Å²) in [6.45, 7) is 6.70. The predicted molar refractivity (Wildman–Crippen MR) is 86.2 cm³/mol. The van der Waals surface area contributed by atoms with Gasteiger partial charge < -0.3 is 14.4 Å². The van der Waals surface area contributed by atoms with Crippen molar-refractivity contribution < 1.29 is 14.3 Å². The molecule has 0 N–H and O–H groups in total. The van der Waals surface area contributed by atoms with E-state index in [1.807, 2.05) is 32.9 Å². The summed E-state index contributed by atoms with van der Waals surface area (Å²) in [7, 11) is 1.57. The highest BCUT2D eigenvalue weighted by atomic mass is 35.5. The van der Waals surface area contributed by atoms with Crippen molar-refractivity contribution in [3.63, 3.8) is 0 Å². The Balaban J connectivity index is 2.10. The number of rotatable bonds is 2. The summed E-state index contributed by atoms with van der Waals surface area (Å²) in [5.41, 5.74) is 1.53. The highest BCUT2D eigenvalue weighted by molar-refractivity contribution is 6.29. The zero-order chi connectivity index (χ0) is 16.3. The van der Waals surface area contributed by atoms with Crippen LogP contribution in [0, 0.1) is 0 Å². The van der Waals surface area contributed by atoms with Gasteiger partial charge in [0.1, 0.15) is 10.8 Å². The molecule has 0 fully saturated rings. The molecule has 120 valence electrons. The molecule has 5 nitrogen and oxygen atoms in total. The van der Waals surface area contributed by atoms with Crippen LogP contribution in [0.5, 0.6) is 5.88 Å². The number of hydrogen-bond acceptors (Lipinski definition) is 4. The fourth-order valence-electron chi connectivity index (χ4n) is 2.22. The predicted octanol–water partition coefficient (Wildman–Crippen LogP) is 3.77. The van der Waals surface area contributed by atoms with Crippen LogP contribution in [0.4, 0.5) is 4.79 Å². The average molecular weight is 325 g/mol. The van der Waals surface area contributed by atoms with E-state index in [1.165, 1.54) is 0 Å². The molecule has 0 aliphatic carbocycles. The number of methoxy groups -OCH3 is 1. The van der Waals surface area contributed by atoms with Gasteiger partial charge in [-0.05, 0) is 44.9 Å². The molecule has 0 aromatic carbocycles. The van der Waals surface area contributed by atoms with Gasteiger partial charge in [-0.1, -0.05) is 17.7 Å². The number of carbonyl (C=O) groups excluding carboxylic acids is 1. The second kappa shape index (κ2) is 6.57. The van der Waals surface area contributed by atoms with Crippen LogP contribution >= 0.6 is 11.6 Å². The second-order valence-electron chi connectivity index (χ2n) is 6.10. The lowest BCUT2D eigenvalue weighted by molar-refractivity contribution is 0.0270. The largest absolute Gasteiger partial charge is 0.481 e. The highest BCUT2D eigenvalue weighted by Crippen LogP contribution is 2.30. The Morgan fingerprint density at radius 3 is 2.64 bits per heavy atom. The number of ether oxygens (including phenoxy) is 2. The molecule has 0 radical (unpaired) electrons. The van der Waals surface area contributed by atoms with E-state index < -0.39 is 5.60 Å².